The monoisotopic (exact) mass is 545 g/mol. The number of rotatable bonds is 8. The van der Waals surface area contributed by atoms with Crippen molar-refractivity contribution in [1.82, 2.24) is 4.90 Å². The summed E-state index contributed by atoms with van der Waals surface area (Å²) in [6, 6.07) is 14.0. The molecule has 2 aromatic rings. The molecule has 0 fully saturated rings. The molecule has 6 heteroatoms. The fourth-order valence-corrected chi connectivity index (χ4v) is 6.59. The summed E-state index contributed by atoms with van der Waals surface area (Å²) in [5.41, 5.74) is 4.88. The number of methoxy groups -OCH3 is 1. The van der Waals surface area contributed by atoms with Crippen LogP contribution in [-0.4, -0.2) is 36.7 Å². The van der Waals surface area contributed by atoms with Gasteiger partial charge in [-0.3, -0.25) is 9.59 Å². The minimum absolute atomic E-state index is 0.102. The molecule has 0 amide bonds. The zero-order valence-corrected chi connectivity index (χ0v) is 24.3. The Kier molecular flexibility index (Phi) is 7.75. The van der Waals surface area contributed by atoms with E-state index >= 15 is 0 Å². The summed E-state index contributed by atoms with van der Waals surface area (Å²) in [6.45, 7) is 10.2. The number of hydrogen-bond acceptors (Lipinski definition) is 5. The number of carbonyl (C=O) groups excluding carboxylic acids is 2. The Balaban J connectivity index is 1.65. The average Bonchev–Trinajstić information content (AvgIpc) is 2.87. The van der Waals surface area contributed by atoms with Crippen molar-refractivity contribution >= 4 is 11.6 Å². The lowest BCUT2D eigenvalue weighted by Gasteiger charge is -2.49. The highest BCUT2D eigenvalue weighted by molar-refractivity contribution is 6.07. The second-order valence-corrected chi connectivity index (χ2v) is 13.0. The lowest BCUT2D eigenvalue weighted by molar-refractivity contribution is -0.119. The van der Waals surface area contributed by atoms with Crippen molar-refractivity contribution in [3.63, 3.8) is 0 Å². The molecule has 2 aliphatic carbocycles. The Hall–Kier alpha value is -3.25. The number of allylic oxidation sites excluding steroid dienone is 4. The second kappa shape index (κ2) is 11.0. The van der Waals surface area contributed by atoms with Crippen LogP contribution in [0.4, 0.5) is 4.39 Å². The van der Waals surface area contributed by atoms with E-state index in [0.717, 1.165) is 52.9 Å². The molecule has 0 bridgehead atoms. The standard InChI is InChI=1S/C34H40FNO4/c1-33(2)17-25-31(27(37)19-33)30(24-9-6-7-10-29(24)40-21-22-11-13-23(35)14-12-22)32-26(36(25)15-8-16-39-5)18-34(3,4)20-28(32)38/h6-7,9-14,30H,8,15-21H2,1-5H3. The van der Waals surface area contributed by atoms with Gasteiger partial charge in [0, 0.05) is 67.1 Å². The Bertz CT molecular complexity index is 1310. The van der Waals surface area contributed by atoms with Gasteiger partial charge in [0.15, 0.2) is 11.6 Å². The largest absolute Gasteiger partial charge is 0.489 e. The summed E-state index contributed by atoms with van der Waals surface area (Å²) in [5, 5.41) is 0. The molecule has 0 radical (unpaired) electrons. The van der Waals surface area contributed by atoms with Gasteiger partial charge in [-0.25, -0.2) is 4.39 Å². The molecule has 0 spiro atoms. The normalized spacial score (nSPS) is 20.5. The van der Waals surface area contributed by atoms with E-state index in [2.05, 4.69) is 32.6 Å². The van der Waals surface area contributed by atoms with E-state index in [0.29, 0.717) is 31.7 Å². The predicted molar refractivity (Wildman–Crippen MR) is 153 cm³/mol. The Morgan fingerprint density at radius 3 is 2.00 bits per heavy atom. The van der Waals surface area contributed by atoms with Crippen LogP contribution in [0.15, 0.2) is 71.1 Å². The van der Waals surface area contributed by atoms with Crippen LogP contribution in [0, 0.1) is 16.6 Å². The number of nitrogens with zero attached hydrogens (tertiary/aromatic N) is 1. The zero-order valence-electron chi connectivity index (χ0n) is 24.3. The smallest absolute Gasteiger partial charge is 0.162 e. The van der Waals surface area contributed by atoms with E-state index < -0.39 is 5.92 Å². The van der Waals surface area contributed by atoms with Gasteiger partial charge in [0.05, 0.1) is 0 Å². The molecule has 5 rings (SSSR count). The van der Waals surface area contributed by atoms with E-state index in [1.807, 2.05) is 24.3 Å². The minimum Gasteiger partial charge on any atom is -0.489 e. The SMILES string of the molecule is COCCCN1C2=C(C(=O)CC(C)(C)C2)C(c2ccccc2OCc2ccc(F)cc2)C2=C1CC(C)(C)CC2=O. The van der Waals surface area contributed by atoms with Crippen molar-refractivity contribution in [3.8, 4) is 5.75 Å². The molecule has 40 heavy (non-hydrogen) atoms. The van der Waals surface area contributed by atoms with Crippen molar-refractivity contribution < 1.29 is 23.5 Å². The molecule has 0 saturated carbocycles. The number of carbonyl (C=O) groups is 2. The first-order chi connectivity index (χ1) is 19.0. The highest BCUT2D eigenvalue weighted by Gasteiger charge is 2.49. The molecule has 0 unspecified atom stereocenters. The molecule has 5 nitrogen and oxygen atoms in total. The van der Waals surface area contributed by atoms with Crippen LogP contribution < -0.4 is 4.74 Å². The van der Waals surface area contributed by atoms with Crippen LogP contribution in [0.5, 0.6) is 5.75 Å². The number of Topliss-reactive ketones (excluding diaryl/α,β-unsaturated/α-hetero) is 2. The van der Waals surface area contributed by atoms with Gasteiger partial charge < -0.3 is 14.4 Å². The summed E-state index contributed by atoms with van der Waals surface area (Å²) < 4.78 is 25.1. The number of halogens is 1. The molecule has 0 atom stereocenters. The number of benzene rings is 2. The highest BCUT2D eigenvalue weighted by atomic mass is 19.1. The van der Waals surface area contributed by atoms with E-state index in [4.69, 9.17) is 9.47 Å². The van der Waals surface area contributed by atoms with Crippen LogP contribution in [0.2, 0.25) is 0 Å². The predicted octanol–water partition coefficient (Wildman–Crippen LogP) is 7.13. The first-order valence-corrected chi connectivity index (χ1v) is 14.2. The van der Waals surface area contributed by atoms with Gasteiger partial charge in [-0.1, -0.05) is 58.0 Å². The maximum atomic E-state index is 14.0. The zero-order chi connectivity index (χ0) is 28.7. The molecule has 212 valence electrons. The molecule has 2 aromatic carbocycles. The molecule has 0 aromatic heterocycles. The fourth-order valence-electron chi connectivity index (χ4n) is 6.59. The van der Waals surface area contributed by atoms with Gasteiger partial charge in [0.1, 0.15) is 18.2 Å². The topological polar surface area (TPSA) is 55.8 Å². The van der Waals surface area contributed by atoms with Crippen molar-refractivity contribution in [3.05, 3.63) is 88.0 Å². The summed E-state index contributed by atoms with van der Waals surface area (Å²) in [7, 11) is 1.70. The van der Waals surface area contributed by atoms with Crippen molar-refractivity contribution in [2.24, 2.45) is 10.8 Å². The van der Waals surface area contributed by atoms with Gasteiger partial charge in [0.25, 0.3) is 0 Å². The molecule has 1 aliphatic heterocycles. The number of ketones is 2. The molecule has 3 aliphatic rings. The third kappa shape index (κ3) is 5.64. The van der Waals surface area contributed by atoms with Crippen LogP contribution in [0.1, 0.15) is 76.8 Å². The van der Waals surface area contributed by atoms with Crippen LogP contribution in [0.3, 0.4) is 0 Å². The van der Waals surface area contributed by atoms with Gasteiger partial charge in [0.2, 0.25) is 0 Å². The maximum Gasteiger partial charge on any atom is 0.162 e. The first kappa shape index (κ1) is 28.3. The molecule has 1 heterocycles. The van der Waals surface area contributed by atoms with Gasteiger partial charge >= 0.3 is 0 Å². The Morgan fingerprint density at radius 2 is 1.43 bits per heavy atom. The number of hydrogen-bond donors (Lipinski definition) is 0. The maximum absolute atomic E-state index is 14.0. The highest BCUT2D eigenvalue weighted by Crippen LogP contribution is 2.55. The van der Waals surface area contributed by atoms with Crippen LogP contribution >= 0.6 is 0 Å². The first-order valence-electron chi connectivity index (χ1n) is 14.2. The van der Waals surface area contributed by atoms with Gasteiger partial charge in [-0.2, -0.15) is 0 Å². The number of para-hydroxylation sites is 1. The summed E-state index contributed by atoms with van der Waals surface area (Å²) in [5.74, 6) is 0.0766. The fraction of sp³-hybridized carbons (Fsp3) is 0.471. The molecular formula is C34H40FNO4. The van der Waals surface area contributed by atoms with Crippen LogP contribution in [0.25, 0.3) is 0 Å². The Labute approximate surface area is 237 Å². The average molecular weight is 546 g/mol. The molecular weight excluding hydrogens is 505 g/mol. The molecule has 0 N–H and O–H groups in total. The van der Waals surface area contributed by atoms with Crippen molar-refractivity contribution in [1.29, 1.82) is 0 Å². The lowest BCUT2D eigenvalue weighted by Crippen LogP contribution is -2.44. The third-order valence-electron chi connectivity index (χ3n) is 8.29. The lowest BCUT2D eigenvalue weighted by atomic mass is 9.63. The van der Waals surface area contributed by atoms with Crippen LogP contribution in [-0.2, 0) is 20.9 Å². The summed E-state index contributed by atoms with van der Waals surface area (Å²) in [6.07, 6.45) is 3.21. The van der Waals surface area contributed by atoms with Crippen molar-refractivity contribution in [2.45, 2.75) is 72.3 Å². The van der Waals surface area contributed by atoms with E-state index in [1.54, 1.807) is 19.2 Å². The van der Waals surface area contributed by atoms with E-state index in [-0.39, 0.29) is 34.8 Å². The molecule has 0 saturated heterocycles. The van der Waals surface area contributed by atoms with E-state index in [9.17, 15) is 14.0 Å². The van der Waals surface area contributed by atoms with Gasteiger partial charge in [-0.15, -0.1) is 0 Å². The minimum atomic E-state index is -0.472. The Morgan fingerprint density at radius 1 is 0.850 bits per heavy atom. The van der Waals surface area contributed by atoms with Gasteiger partial charge in [-0.05, 0) is 53.9 Å². The second-order valence-electron chi connectivity index (χ2n) is 13.0. The van der Waals surface area contributed by atoms with Crippen molar-refractivity contribution in [2.75, 3.05) is 20.3 Å². The van der Waals surface area contributed by atoms with E-state index in [1.165, 1.54) is 12.1 Å². The number of ether oxygens (including phenoxy) is 2. The summed E-state index contributed by atoms with van der Waals surface area (Å²) in [4.78, 5) is 30.3. The third-order valence-corrected chi connectivity index (χ3v) is 8.29. The quantitative estimate of drug-likeness (QED) is 0.331. The summed E-state index contributed by atoms with van der Waals surface area (Å²) >= 11 is 0.